The van der Waals surface area contributed by atoms with Crippen molar-refractivity contribution in [2.24, 2.45) is 10.9 Å². The van der Waals surface area contributed by atoms with Crippen molar-refractivity contribution >= 4 is 52.4 Å². The van der Waals surface area contributed by atoms with Crippen LogP contribution in [-0.4, -0.2) is 32.9 Å². The van der Waals surface area contributed by atoms with E-state index in [1.807, 2.05) is 54.1 Å². The van der Waals surface area contributed by atoms with E-state index in [0.29, 0.717) is 22.8 Å². The predicted molar refractivity (Wildman–Crippen MR) is 146 cm³/mol. The monoisotopic (exact) mass is 530 g/mol. The fourth-order valence-electron chi connectivity index (χ4n) is 5.99. The number of para-hydroxylation sites is 1. The van der Waals surface area contributed by atoms with Crippen molar-refractivity contribution in [2.75, 3.05) is 4.90 Å². The highest BCUT2D eigenvalue weighted by atomic mass is 35.5. The Kier molecular flexibility index (Phi) is 5.31. The average Bonchev–Trinajstić information content (AvgIpc) is 3.24. The van der Waals surface area contributed by atoms with E-state index < -0.39 is 6.04 Å². The van der Waals surface area contributed by atoms with Gasteiger partial charge in [0.2, 0.25) is 0 Å². The number of fused-ring (bicyclic) bond motifs is 5. The number of alkyl halides is 1. The third-order valence-corrected chi connectivity index (χ3v) is 8.42. The molecule has 0 saturated heterocycles. The normalized spacial score (nSPS) is 25.8. The summed E-state index contributed by atoms with van der Waals surface area (Å²) in [4.78, 5) is 21.3. The molecule has 0 radical (unpaired) electrons. The van der Waals surface area contributed by atoms with Gasteiger partial charge in [0.1, 0.15) is 11.9 Å². The molecule has 1 fully saturated rings. The summed E-state index contributed by atoms with van der Waals surface area (Å²) in [6.45, 7) is 1.97. The van der Waals surface area contributed by atoms with Gasteiger partial charge in [0.05, 0.1) is 40.9 Å². The fourth-order valence-corrected chi connectivity index (χ4v) is 6.43. The molecule has 3 aromatic rings. The van der Waals surface area contributed by atoms with Crippen molar-refractivity contribution in [3.05, 3.63) is 88.3 Å². The molecule has 4 atom stereocenters. The number of anilines is 1. The summed E-state index contributed by atoms with van der Waals surface area (Å²) in [5.41, 5.74) is 5.22. The highest BCUT2D eigenvalue weighted by Gasteiger charge is 2.47. The molecule has 3 aliphatic heterocycles. The molecule has 4 aliphatic rings. The fraction of sp³-hybridized carbons (Fsp3) is 0.276. The van der Waals surface area contributed by atoms with Crippen LogP contribution in [0.25, 0.3) is 11.8 Å². The zero-order valence-electron chi connectivity index (χ0n) is 20.1. The number of Topliss-reactive ketones (excluding diaryl/α,β-unsaturated/α-hetero) is 1. The van der Waals surface area contributed by atoms with Gasteiger partial charge in [-0.15, -0.1) is 11.6 Å². The lowest BCUT2D eigenvalue weighted by Gasteiger charge is -2.43. The van der Waals surface area contributed by atoms with Crippen molar-refractivity contribution < 1.29 is 9.53 Å². The zero-order valence-corrected chi connectivity index (χ0v) is 21.7. The minimum atomic E-state index is -0.432. The van der Waals surface area contributed by atoms with E-state index in [4.69, 9.17) is 38.0 Å². The van der Waals surface area contributed by atoms with E-state index in [1.54, 1.807) is 6.26 Å². The van der Waals surface area contributed by atoms with Gasteiger partial charge in [0, 0.05) is 16.0 Å². The summed E-state index contributed by atoms with van der Waals surface area (Å²) in [6.07, 6.45) is 7.91. The molecule has 0 amide bonds. The van der Waals surface area contributed by atoms with Crippen LogP contribution in [0.3, 0.4) is 0 Å². The molecule has 186 valence electrons. The van der Waals surface area contributed by atoms with E-state index in [9.17, 15) is 4.79 Å². The molecule has 1 aromatic heterocycles. The van der Waals surface area contributed by atoms with Gasteiger partial charge in [-0.25, -0.2) is 9.67 Å². The first-order valence-corrected chi connectivity index (χ1v) is 13.4. The smallest absolute Gasteiger partial charge is 0.171 e. The van der Waals surface area contributed by atoms with Crippen molar-refractivity contribution in [2.45, 2.75) is 43.7 Å². The Balaban J connectivity index is 1.44. The number of rotatable bonds is 2. The molecule has 0 bridgehead atoms. The second-order valence-corrected chi connectivity index (χ2v) is 11.0. The maximum Gasteiger partial charge on any atom is 0.171 e. The van der Waals surface area contributed by atoms with Gasteiger partial charge >= 0.3 is 0 Å². The third-order valence-electron chi connectivity index (χ3n) is 7.77. The lowest BCUT2D eigenvalue weighted by Crippen LogP contribution is -2.46. The standard InChI is InChI=1S/C29H24Cl2N4O2/c1-16-26-27(22-15-37-24-12-9-19(31)14-21(24)28(22)36)34-23-5-3-2-4-17(23)6-13-25(34)32-29(26)35(33-16)20-10-7-18(30)8-11-20/h2-8,10-11,13,15,19,21,24,27H,9,12,14H2,1H3. The number of nitrogens with zero attached hydrogens (tertiary/aromatic N) is 4. The summed E-state index contributed by atoms with van der Waals surface area (Å²) in [5, 5.41) is 5.52. The third kappa shape index (κ3) is 3.57. The first kappa shape index (κ1) is 22.8. The van der Waals surface area contributed by atoms with Crippen molar-refractivity contribution in [1.29, 1.82) is 0 Å². The van der Waals surface area contributed by atoms with Crippen molar-refractivity contribution in [3.63, 3.8) is 0 Å². The summed E-state index contributed by atoms with van der Waals surface area (Å²) in [7, 11) is 0. The summed E-state index contributed by atoms with van der Waals surface area (Å²) < 4.78 is 8.06. The van der Waals surface area contributed by atoms with Crippen LogP contribution in [0.15, 0.2) is 71.4 Å². The Morgan fingerprint density at radius 3 is 2.70 bits per heavy atom. The molecule has 6 nitrogen and oxygen atoms in total. The summed E-state index contributed by atoms with van der Waals surface area (Å²) in [6, 6.07) is 15.2. The molecule has 0 N–H and O–H groups in total. The molecule has 2 aromatic carbocycles. The topological polar surface area (TPSA) is 59.7 Å². The number of carbonyl (C=O) groups is 1. The second-order valence-electron chi connectivity index (χ2n) is 9.97. The van der Waals surface area contributed by atoms with Gasteiger partial charge < -0.3 is 9.64 Å². The van der Waals surface area contributed by atoms with E-state index >= 15 is 0 Å². The van der Waals surface area contributed by atoms with E-state index in [-0.39, 0.29) is 23.2 Å². The molecule has 4 unspecified atom stereocenters. The molecule has 8 heteroatoms. The van der Waals surface area contributed by atoms with Gasteiger partial charge in [-0.2, -0.15) is 5.10 Å². The van der Waals surface area contributed by atoms with E-state index in [0.717, 1.165) is 46.9 Å². The lowest BCUT2D eigenvalue weighted by atomic mass is 9.77. The van der Waals surface area contributed by atoms with Gasteiger partial charge in [-0.1, -0.05) is 29.8 Å². The van der Waals surface area contributed by atoms with Crippen LogP contribution in [0, 0.1) is 12.8 Å². The number of benzene rings is 2. The molecular formula is C29H24Cl2N4O2. The Morgan fingerprint density at radius 1 is 1.05 bits per heavy atom. The molecule has 4 heterocycles. The highest BCUT2D eigenvalue weighted by Crippen LogP contribution is 2.49. The quantitative estimate of drug-likeness (QED) is 0.345. The Labute approximate surface area is 224 Å². The Bertz CT molecular complexity index is 1520. The zero-order chi connectivity index (χ0) is 25.3. The van der Waals surface area contributed by atoms with Crippen LogP contribution < -0.4 is 4.90 Å². The Morgan fingerprint density at radius 2 is 1.86 bits per heavy atom. The number of ketones is 1. The van der Waals surface area contributed by atoms with E-state index in [2.05, 4.69) is 23.1 Å². The molecule has 1 aliphatic carbocycles. The largest absolute Gasteiger partial charge is 0.497 e. The van der Waals surface area contributed by atoms with Crippen LogP contribution in [0.4, 0.5) is 11.5 Å². The van der Waals surface area contributed by atoms with Gasteiger partial charge in [-0.05, 0) is 74.2 Å². The van der Waals surface area contributed by atoms with Crippen LogP contribution >= 0.6 is 23.2 Å². The maximum absolute atomic E-state index is 14.1. The Hall–Kier alpha value is -3.35. The highest BCUT2D eigenvalue weighted by molar-refractivity contribution is 6.30. The van der Waals surface area contributed by atoms with Crippen LogP contribution in [0.2, 0.25) is 5.02 Å². The van der Waals surface area contributed by atoms with Crippen molar-refractivity contribution in [3.8, 4) is 5.69 Å². The molecular weight excluding hydrogens is 507 g/mol. The summed E-state index contributed by atoms with van der Waals surface area (Å²) >= 11 is 12.7. The summed E-state index contributed by atoms with van der Waals surface area (Å²) in [5.74, 6) is 1.31. The van der Waals surface area contributed by atoms with E-state index in [1.165, 1.54) is 0 Å². The average molecular weight is 531 g/mol. The number of aromatic nitrogens is 2. The minimum Gasteiger partial charge on any atom is -0.497 e. The number of amidine groups is 1. The number of aliphatic imine (C=N–C) groups is 1. The number of carbonyl (C=O) groups excluding carboxylic acids is 1. The SMILES string of the molecule is Cc1nn(-c2ccc(Cl)cc2)c2c1C(C1=COC3CCC(Cl)CC3C1=O)N1C(=N2)C=Cc2ccccc21. The molecule has 1 saturated carbocycles. The number of halogens is 2. The van der Waals surface area contributed by atoms with Gasteiger partial charge in [0.15, 0.2) is 11.6 Å². The predicted octanol–water partition coefficient (Wildman–Crippen LogP) is 6.71. The van der Waals surface area contributed by atoms with Gasteiger partial charge in [-0.3, -0.25) is 4.79 Å². The number of ether oxygens (including phenoxy) is 1. The van der Waals surface area contributed by atoms with Crippen LogP contribution in [0.5, 0.6) is 0 Å². The number of hydrogen-bond donors (Lipinski definition) is 0. The molecule has 7 rings (SSSR count). The maximum atomic E-state index is 14.1. The first-order valence-electron chi connectivity index (χ1n) is 12.5. The molecule has 37 heavy (non-hydrogen) atoms. The molecule has 0 spiro atoms. The minimum absolute atomic E-state index is 0.0137. The first-order chi connectivity index (χ1) is 18.0. The van der Waals surface area contributed by atoms with Crippen LogP contribution in [-0.2, 0) is 9.53 Å². The van der Waals surface area contributed by atoms with Crippen molar-refractivity contribution in [1.82, 2.24) is 9.78 Å². The number of hydrogen-bond acceptors (Lipinski definition) is 5. The van der Waals surface area contributed by atoms with Gasteiger partial charge in [0.25, 0.3) is 0 Å². The number of aryl methyl sites for hydroxylation is 1. The second kappa shape index (κ2) is 8.61. The van der Waals surface area contributed by atoms with Crippen LogP contribution in [0.1, 0.15) is 42.1 Å². The lowest BCUT2D eigenvalue weighted by molar-refractivity contribution is -0.127.